The molecular formula is C21H23N3O. The highest BCUT2D eigenvalue weighted by Crippen LogP contribution is 2.32. The number of rotatable bonds is 4. The van der Waals surface area contributed by atoms with Gasteiger partial charge in [0.1, 0.15) is 12.1 Å². The molecule has 0 spiro atoms. The summed E-state index contributed by atoms with van der Waals surface area (Å²) < 4.78 is 0. The fourth-order valence-electron chi connectivity index (χ4n) is 3.61. The number of benzene rings is 2. The fraction of sp³-hybridized carbons (Fsp3) is 0.333. The van der Waals surface area contributed by atoms with Gasteiger partial charge in [0.15, 0.2) is 0 Å². The third-order valence-corrected chi connectivity index (χ3v) is 4.99. The summed E-state index contributed by atoms with van der Waals surface area (Å²) in [5.74, 6) is 1.23. The second-order valence-electron chi connectivity index (χ2n) is 7.25. The number of aromatic nitrogens is 2. The first-order valence-corrected chi connectivity index (χ1v) is 8.85. The molecule has 1 N–H and O–H groups in total. The first kappa shape index (κ1) is 16.0. The Morgan fingerprint density at radius 2 is 1.92 bits per heavy atom. The summed E-state index contributed by atoms with van der Waals surface area (Å²) in [5.41, 5.74) is 4.53. The predicted molar refractivity (Wildman–Crippen MR) is 99.8 cm³/mol. The normalized spacial score (nSPS) is 15.6. The largest absolute Gasteiger partial charge is 0.508 e. The number of para-hydroxylation sites is 1. The average Bonchev–Trinajstić information content (AvgIpc) is 2.57. The maximum atomic E-state index is 9.96. The zero-order chi connectivity index (χ0) is 17.4. The molecule has 1 saturated heterocycles. The Kier molecular flexibility index (Phi) is 4.14. The first-order valence-electron chi connectivity index (χ1n) is 8.85. The SMILES string of the molecule is CC(C)c1cc(O)cc(CN2CC(c3ncnc4ccccc34)C2)c1. The Morgan fingerprint density at radius 1 is 1.12 bits per heavy atom. The summed E-state index contributed by atoms with van der Waals surface area (Å²) in [4.78, 5) is 11.3. The molecule has 0 atom stereocenters. The zero-order valence-corrected chi connectivity index (χ0v) is 14.7. The molecule has 0 saturated carbocycles. The molecule has 0 radical (unpaired) electrons. The van der Waals surface area contributed by atoms with Gasteiger partial charge in [-0.1, -0.05) is 38.1 Å². The maximum absolute atomic E-state index is 9.96. The minimum Gasteiger partial charge on any atom is -0.508 e. The van der Waals surface area contributed by atoms with Crippen LogP contribution in [0.1, 0.15) is 42.5 Å². The summed E-state index contributed by atoms with van der Waals surface area (Å²) in [7, 11) is 0. The molecular weight excluding hydrogens is 310 g/mol. The van der Waals surface area contributed by atoms with Gasteiger partial charge in [-0.15, -0.1) is 0 Å². The van der Waals surface area contributed by atoms with Crippen LogP contribution >= 0.6 is 0 Å². The van der Waals surface area contributed by atoms with Crippen LogP contribution in [0.4, 0.5) is 0 Å². The van der Waals surface area contributed by atoms with Gasteiger partial charge < -0.3 is 5.11 Å². The summed E-state index contributed by atoms with van der Waals surface area (Å²) in [6.45, 7) is 7.16. The van der Waals surface area contributed by atoms with Crippen molar-refractivity contribution in [1.82, 2.24) is 14.9 Å². The van der Waals surface area contributed by atoms with Crippen molar-refractivity contribution in [3.05, 3.63) is 65.6 Å². The fourth-order valence-corrected chi connectivity index (χ4v) is 3.61. The summed E-state index contributed by atoms with van der Waals surface area (Å²) >= 11 is 0. The second kappa shape index (κ2) is 6.45. The Hall–Kier alpha value is -2.46. The van der Waals surface area contributed by atoms with E-state index in [0.717, 1.165) is 36.2 Å². The number of phenols is 1. The zero-order valence-electron chi connectivity index (χ0n) is 14.7. The van der Waals surface area contributed by atoms with E-state index in [-0.39, 0.29) is 0 Å². The molecule has 0 aliphatic carbocycles. The van der Waals surface area contributed by atoms with Gasteiger partial charge in [0, 0.05) is 30.9 Å². The van der Waals surface area contributed by atoms with Crippen molar-refractivity contribution in [1.29, 1.82) is 0 Å². The number of hydrogen-bond acceptors (Lipinski definition) is 4. The van der Waals surface area contributed by atoms with Gasteiger partial charge in [-0.05, 0) is 35.2 Å². The number of fused-ring (bicyclic) bond motifs is 1. The maximum Gasteiger partial charge on any atom is 0.116 e. The van der Waals surface area contributed by atoms with Crippen molar-refractivity contribution in [2.24, 2.45) is 0 Å². The van der Waals surface area contributed by atoms with Crippen LogP contribution in [0, 0.1) is 0 Å². The molecule has 2 aromatic carbocycles. The van der Waals surface area contributed by atoms with Gasteiger partial charge in [-0.2, -0.15) is 0 Å². The molecule has 1 fully saturated rings. The standard InChI is InChI=1S/C21H23N3O/c1-14(2)16-7-15(8-18(25)9-16)10-24-11-17(12-24)21-19-5-3-4-6-20(19)22-13-23-21/h3-9,13-14,17,25H,10-12H2,1-2H3. The van der Waals surface area contributed by atoms with E-state index in [4.69, 9.17) is 0 Å². The lowest BCUT2D eigenvalue weighted by Crippen LogP contribution is -2.44. The molecule has 0 unspecified atom stereocenters. The Labute approximate surface area is 148 Å². The average molecular weight is 333 g/mol. The van der Waals surface area contributed by atoms with Gasteiger partial charge in [0.2, 0.25) is 0 Å². The van der Waals surface area contributed by atoms with Crippen molar-refractivity contribution in [2.45, 2.75) is 32.2 Å². The van der Waals surface area contributed by atoms with Crippen LogP contribution in [0.25, 0.3) is 10.9 Å². The first-order chi connectivity index (χ1) is 12.1. The lowest BCUT2D eigenvalue weighted by atomic mass is 9.92. The van der Waals surface area contributed by atoms with Crippen LogP contribution in [0.5, 0.6) is 5.75 Å². The number of aromatic hydroxyl groups is 1. The van der Waals surface area contributed by atoms with Gasteiger partial charge in [-0.25, -0.2) is 9.97 Å². The molecule has 0 amide bonds. The summed E-state index contributed by atoms with van der Waals surface area (Å²) in [5, 5.41) is 11.1. The van der Waals surface area contributed by atoms with Crippen LogP contribution in [0.15, 0.2) is 48.8 Å². The van der Waals surface area contributed by atoms with Crippen molar-refractivity contribution >= 4 is 10.9 Å². The van der Waals surface area contributed by atoms with Gasteiger partial charge in [0.05, 0.1) is 11.2 Å². The topological polar surface area (TPSA) is 49.2 Å². The van der Waals surface area contributed by atoms with Gasteiger partial charge in [-0.3, -0.25) is 4.90 Å². The molecule has 3 aromatic rings. The molecule has 4 rings (SSSR count). The second-order valence-corrected chi connectivity index (χ2v) is 7.25. The molecule has 1 aromatic heterocycles. The molecule has 1 aliphatic rings. The van der Waals surface area contributed by atoms with E-state index in [0.29, 0.717) is 17.6 Å². The van der Waals surface area contributed by atoms with Crippen molar-refractivity contribution < 1.29 is 5.11 Å². The van der Waals surface area contributed by atoms with Crippen molar-refractivity contribution in [2.75, 3.05) is 13.1 Å². The van der Waals surface area contributed by atoms with Crippen molar-refractivity contribution in [3.8, 4) is 5.75 Å². The number of phenolic OH excluding ortho intramolecular Hbond substituents is 1. The minimum absolute atomic E-state index is 0.361. The number of likely N-dealkylation sites (tertiary alicyclic amines) is 1. The highest BCUT2D eigenvalue weighted by molar-refractivity contribution is 5.81. The van der Waals surface area contributed by atoms with Crippen molar-refractivity contribution in [3.63, 3.8) is 0 Å². The highest BCUT2D eigenvalue weighted by atomic mass is 16.3. The number of nitrogens with zero attached hydrogens (tertiary/aromatic N) is 3. The Balaban J connectivity index is 1.47. The quantitative estimate of drug-likeness (QED) is 0.782. The minimum atomic E-state index is 0.361. The van der Waals surface area contributed by atoms with E-state index >= 15 is 0 Å². The van der Waals surface area contributed by atoms with Crippen LogP contribution in [-0.2, 0) is 6.54 Å². The smallest absolute Gasteiger partial charge is 0.116 e. The molecule has 25 heavy (non-hydrogen) atoms. The third kappa shape index (κ3) is 3.22. The number of hydrogen-bond donors (Lipinski definition) is 1. The lowest BCUT2D eigenvalue weighted by Gasteiger charge is -2.39. The monoisotopic (exact) mass is 333 g/mol. The van der Waals surface area contributed by atoms with E-state index in [9.17, 15) is 5.11 Å². The Bertz CT molecular complexity index is 895. The summed E-state index contributed by atoms with van der Waals surface area (Å²) in [6, 6.07) is 14.2. The van der Waals surface area contributed by atoms with E-state index in [2.05, 4.69) is 40.8 Å². The predicted octanol–water partition coefficient (Wildman–Crippen LogP) is 4.06. The molecule has 0 bridgehead atoms. The van der Waals surface area contributed by atoms with E-state index in [1.165, 1.54) is 11.1 Å². The van der Waals surface area contributed by atoms with E-state index in [1.807, 2.05) is 30.3 Å². The Morgan fingerprint density at radius 3 is 2.72 bits per heavy atom. The summed E-state index contributed by atoms with van der Waals surface area (Å²) in [6.07, 6.45) is 1.67. The molecule has 4 heteroatoms. The van der Waals surface area contributed by atoms with Crippen LogP contribution in [-0.4, -0.2) is 33.1 Å². The van der Waals surface area contributed by atoms with Crippen LogP contribution in [0.2, 0.25) is 0 Å². The molecule has 4 nitrogen and oxygen atoms in total. The molecule has 1 aliphatic heterocycles. The van der Waals surface area contributed by atoms with Crippen LogP contribution < -0.4 is 0 Å². The highest BCUT2D eigenvalue weighted by Gasteiger charge is 2.30. The van der Waals surface area contributed by atoms with Gasteiger partial charge >= 0.3 is 0 Å². The van der Waals surface area contributed by atoms with E-state index < -0.39 is 0 Å². The molecule has 128 valence electrons. The van der Waals surface area contributed by atoms with E-state index in [1.54, 1.807) is 6.33 Å². The van der Waals surface area contributed by atoms with Crippen LogP contribution in [0.3, 0.4) is 0 Å². The third-order valence-electron chi connectivity index (χ3n) is 4.99. The lowest BCUT2D eigenvalue weighted by molar-refractivity contribution is 0.138. The molecule has 2 heterocycles. The van der Waals surface area contributed by atoms with Gasteiger partial charge in [0.25, 0.3) is 0 Å².